The molecule has 0 unspecified atom stereocenters. The van der Waals surface area contributed by atoms with Crippen LogP contribution < -0.4 is 10.2 Å². The van der Waals surface area contributed by atoms with Gasteiger partial charge in [-0.2, -0.15) is 13.2 Å². The summed E-state index contributed by atoms with van der Waals surface area (Å²) in [5.41, 5.74) is -0.767. The predicted octanol–water partition coefficient (Wildman–Crippen LogP) is 1.18. The monoisotopic (exact) mass is 303 g/mol. The summed E-state index contributed by atoms with van der Waals surface area (Å²) >= 11 is 0. The summed E-state index contributed by atoms with van der Waals surface area (Å²) in [5, 5.41) is 11.3. The maximum absolute atomic E-state index is 12.5. The topological polar surface area (TPSA) is 65.5 Å². The highest BCUT2D eigenvalue weighted by molar-refractivity contribution is 5.77. The molecule has 2 heterocycles. The molecule has 1 amide bonds. The Kier molecular flexibility index (Phi) is 4.66. The van der Waals surface area contributed by atoms with Gasteiger partial charge in [-0.15, -0.1) is 0 Å². The predicted molar refractivity (Wildman–Crippen MR) is 69.7 cm³/mol. The zero-order valence-electron chi connectivity index (χ0n) is 11.2. The van der Waals surface area contributed by atoms with Gasteiger partial charge in [-0.25, -0.2) is 4.98 Å². The smallest absolute Gasteiger partial charge is 0.387 e. The zero-order chi connectivity index (χ0) is 15.5. The third-order valence-electron chi connectivity index (χ3n) is 3.40. The van der Waals surface area contributed by atoms with Crippen molar-refractivity contribution in [3.05, 3.63) is 23.9 Å². The molecule has 0 atom stereocenters. The first-order valence-electron chi connectivity index (χ1n) is 6.58. The molecule has 1 fully saturated rings. The highest BCUT2D eigenvalue weighted by Gasteiger charge is 2.31. The van der Waals surface area contributed by atoms with Crippen LogP contribution in [0.15, 0.2) is 18.3 Å². The number of alkyl halides is 3. The number of aliphatic hydroxyl groups excluding tert-OH is 1. The van der Waals surface area contributed by atoms with E-state index >= 15 is 0 Å². The minimum Gasteiger partial charge on any atom is -0.387 e. The number of halogens is 3. The highest BCUT2D eigenvalue weighted by atomic mass is 19.4. The molecular weight excluding hydrogens is 287 g/mol. The second-order valence-electron chi connectivity index (χ2n) is 4.89. The van der Waals surface area contributed by atoms with E-state index in [1.165, 1.54) is 6.07 Å². The summed E-state index contributed by atoms with van der Waals surface area (Å²) in [6.07, 6.45) is -2.23. The fourth-order valence-electron chi connectivity index (χ4n) is 2.27. The van der Waals surface area contributed by atoms with E-state index in [0.29, 0.717) is 31.7 Å². The average Bonchev–Trinajstić information content (AvgIpc) is 2.47. The van der Waals surface area contributed by atoms with Gasteiger partial charge in [0.15, 0.2) is 0 Å². The van der Waals surface area contributed by atoms with E-state index in [-0.39, 0.29) is 6.04 Å². The third-order valence-corrected chi connectivity index (χ3v) is 3.40. The number of hydrogen-bond donors (Lipinski definition) is 2. The first-order chi connectivity index (χ1) is 9.90. The van der Waals surface area contributed by atoms with Crippen LogP contribution in [0.25, 0.3) is 0 Å². The first kappa shape index (κ1) is 15.6. The summed E-state index contributed by atoms with van der Waals surface area (Å²) < 4.78 is 37.4. The molecule has 116 valence electrons. The lowest BCUT2D eigenvalue weighted by Gasteiger charge is -2.33. The lowest BCUT2D eigenvalue weighted by Crippen LogP contribution is -2.45. The van der Waals surface area contributed by atoms with Gasteiger partial charge in [0, 0.05) is 25.3 Å². The van der Waals surface area contributed by atoms with Crippen LogP contribution in [0.5, 0.6) is 0 Å². The summed E-state index contributed by atoms with van der Waals surface area (Å²) in [5.74, 6) is 0.0797. The lowest BCUT2D eigenvalue weighted by molar-refractivity contribution is -0.137. The van der Waals surface area contributed by atoms with Crippen molar-refractivity contribution in [3.63, 3.8) is 0 Å². The number of aromatic nitrogens is 1. The summed E-state index contributed by atoms with van der Waals surface area (Å²) in [7, 11) is 0. The first-order valence-corrected chi connectivity index (χ1v) is 6.58. The summed E-state index contributed by atoms with van der Waals surface area (Å²) in [6, 6.07) is 2.35. The molecule has 1 aromatic heterocycles. The Morgan fingerprint density at radius 2 is 2.05 bits per heavy atom. The van der Waals surface area contributed by atoms with Crippen LogP contribution in [0.1, 0.15) is 18.4 Å². The van der Waals surface area contributed by atoms with Crippen molar-refractivity contribution in [1.29, 1.82) is 0 Å². The quantitative estimate of drug-likeness (QED) is 0.880. The maximum atomic E-state index is 12.5. The molecule has 0 aliphatic carbocycles. The van der Waals surface area contributed by atoms with Crippen LogP contribution in [0.3, 0.4) is 0 Å². The van der Waals surface area contributed by atoms with Crippen molar-refractivity contribution < 1.29 is 23.1 Å². The van der Waals surface area contributed by atoms with Gasteiger partial charge in [-0.1, -0.05) is 0 Å². The van der Waals surface area contributed by atoms with Gasteiger partial charge in [0.1, 0.15) is 12.4 Å². The average molecular weight is 303 g/mol. The van der Waals surface area contributed by atoms with E-state index in [4.69, 9.17) is 5.11 Å². The molecule has 0 bridgehead atoms. The Labute approximate surface area is 119 Å². The summed E-state index contributed by atoms with van der Waals surface area (Å²) in [4.78, 5) is 16.8. The molecule has 8 heteroatoms. The fraction of sp³-hybridized carbons (Fsp3) is 0.538. The molecule has 1 aromatic rings. The number of carbonyl (C=O) groups excluding carboxylic acids is 1. The largest absolute Gasteiger partial charge is 0.417 e. The molecule has 0 saturated carbocycles. The Hall–Kier alpha value is -1.83. The van der Waals surface area contributed by atoms with Crippen LogP contribution in [0, 0.1) is 0 Å². The van der Waals surface area contributed by atoms with E-state index in [0.717, 1.165) is 12.3 Å². The van der Waals surface area contributed by atoms with Gasteiger partial charge in [0.05, 0.1) is 5.56 Å². The Bertz CT molecular complexity index is 482. The van der Waals surface area contributed by atoms with Crippen molar-refractivity contribution >= 4 is 11.7 Å². The van der Waals surface area contributed by atoms with Crippen LogP contribution in [-0.2, 0) is 11.0 Å². The molecule has 0 spiro atoms. The molecule has 21 heavy (non-hydrogen) atoms. The Morgan fingerprint density at radius 3 is 2.52 bits per heavy atom. The van der Waals surface area contributed by atoms with E-state index in [9.17, 15) is 18.0 Å². The van der Waals surface area contributed by atoms with Crippen molar-refractivity contribution in [3.8, 4) is 0 Å². The van der Waals surface area contributed by atoms with Crippen molar-refractivity contribution in [2.75, 3.05) is 24.6 Å². The number of aliphatic hydroxyl groups is 1. The Morgan fingerprint density at radius 1 is 1.38 bits per heavy atom. The number of nitrogens with one attached hydrogen (secondary N) is 1. The lowest BCUT2D eigenvalue weighted by atomic mass is 10.0. The van der Waals surface area contributed by atoms with E-state index in [1.54, 1.807) is 0 Å². The van der Waals surface area contributed by atoms with Gasteiger partial charge in [-0.05, 0) is 25.0 Å². The normalized spacial score (nSPS) is 16.9. The number of nitrogens with zero attached hydrogens (tertiary/aromatic N) is 2. The minimum absolute atomic E-state index is 0.0182. The number of pyridine rings is 1. The molecule has 1 aliphatic rings. The van der Waals surface area contributed by atoms with Crippen LogP contribution in [-0.4, -0.2) is 41.7 Å². The molecule has 0 aromatic carbocycles. The van der Waals surface area contributed by atoms with Crippen LogP contribution >= 0.6 is 0 Å². The third kappa shape index (κ3) is 4.07. The maximum Gasteiger partial charge on any atom is 0.417 e. The molecule has 2 N–H and O–H groups in total. The van der Waals surface area contributed by atoms with Crippen molar-refractivity contribution in [2.24, 2.45) is 0 Å². The van der Waals surface area contributed by atoms with E-state index < -0.39 is 24.3 Å². The molecule has 0 radical (unpaired) electrons. The molecular formula is C13H16F3N3O2. The van der Waals surface area contributed by atoms with Gasteiger partial charge in [0.25, 0.3) is 0 Å². The molecule has 1 saturated heterocycles. The number of piperidine rings is 1. The van der Waals surface area contributed by atoms with Crippen molar-refractivity contribution in [2.45, 2.75) is 25.1 Å². The SMILES string of the molecule is O=C(CO)NC1CCN(c2ccc(C(F)(F)F)cn2)CC1. The second-order valence-corrected chi connectivity index (χ2v) is 4.89. The molecule has 5 nitrogen and oxygen atoms in total. The fourth-order valence-corrected chi connectivity index (χ4v) is 2.27. The van der Waals surface area contributed by atoms with Crippen LogP contribution in [0.2, 0.25) is 0 Å². The Balaban J connectivity index is 1.92. The summed E-state index contributed by atoms with van der Waals surface area (Å²) in [6.45, 7) is 0.643. The highest BCUT2D eigenvalue weighted by Crippen LogP contribution is 2.29. The van der Waals surface area contributed by atoms with Gasteiger partial charge in [-0.3, -0.25) is 4.79 Å². The number of anilines is 1. The number of rotatable bonds is 3. The van der Waals surface area contributed by atoms with E-state index in [2.05, 4.69) is 10.3 Å². The number of carbonyl (C=O) groups is 1. The molecule has 1 aliphatic heterocycles. The second kappa shape index (κ2) is 6.30. The van der Waals surface area contributed by atoms with Crippen molar-refractivity contribution in [1.82, 2.24) is 10.3 Å². The standard InChI is InChI=1S/C13H16F3N3O2/c14-13(15,16)9-1-2-11(17-7-9)19-5-3-10(4-6-19)18-12(21)8-20/h1-2,7,10,20H,3-6,8H2,(H,18,21). The van der Waals surface area contributed by atoms with Gasteiger partial charge >= 0.3 is 6.18 Å². The molecule has 2 rings (SSSR count). The van der Waals surface area contributed by atoms with Gasteiger partial charge in [0.2, 0.25) is 5.91 Å². The van der Waals surface area contributed by atoms with Gasteiger partial charge < -0.3 is 15.3 Å². The van der Waals surface area contributed by atoms with Crippen LogP contribution in [0.4, 0.5) is 19.0 Å². The minimum atomic E-state index is -4.38. The zero-order valence-corrected chi connectivity index (χ0v) is 11.2. The number of hydrogen-bond acceptors (Lipinski definition) is 4. The number of amides is 1. The van der Waals surface area contributed by atoms with E-state index in [1.807, 2.05) is 4.90 Å².